The van der Waals surface area contributed by atoms with Gasteiger partial charge in [-0.25, -0.2) is 4.98 Å². The highest BCUT2D eigenvalue weighted by Gasteiger charge is 2.30. The van der Waals surface area contributed by atoms with Crippen LogP contribution in [0.15, 0.2) is 35.4 Å². The zero-order valence-electron chi connectivity index (χ0n) is 15.4. The Morgan fingerprint density at radius 3 is 2.86 bits per heavy atom. The number of aryl methyl sites for hydroxylation is 2. The van der Waals surface area contributed by atoms with Gasteiger partial charge < -0.3 is 9.84 Å². The van der Waals surface area contributed by atoms with Gasteiger partial charge in [-0.05, 0) is 49.4 Å². The number of aliphatic hydroxyl groups excluding tert-OH is 1. The third kappa shape index (κ3) is 4.16. The molecule has 0 bridgehead atoms. The highest BCUT2D eigenvalue weighted by Crippen LogP contribution is 2.33. The van der Waals surface area contributed by atoms with Crippen molar-refractivity contribution < 1.29 is 23.0 Å². The molecule has 0 saturated carbocycles. The van der Waals surface area contributed by atoms with Crippen LogP contribution in [0.25, 0.3) is 10.2 Å². The smallest absolute Gasteiger partial charge is 0.416 e. The van der Waals surface area contributed by atoms with Crippen molar-refractivity contribution in [2.75, 3.05) is 6.61 Å². The Labute approximate surface area is 168 Å². The fraction of sp³-hybridized carbons (Fsp3) is 0.400. The lowest BCUT2D eigenvalue weighted by atomic mass is 9.97. The molecular formula is C20H19F3N2O3S. The molecule has 2 heterocycles. The number of alkyl halides is 3. The van der Waals surface area contributed by atoms with E-state index in [9.17, 15) is 23.1 Å². The fourth-order valence-corrected chi connectivity index (χ4v) is 4.77. The first kappa shape index (κ1) is 19.9. The van der Waals surface area contributed by atoms with Crippen LogP contribution >= 0.6 is 11.3 Å². The molecule has 1 N–H and O–H groups in total. The van der Waals surface area contributed by atoms with Crippen LogP contribution in [0.3, 0.4) is 0 Å². The average Bonchev–Trinajstić information content (AvgIpc) is 3.07. The van der Waals surface area contributed by atoms with Gasteiger partial charge in [0.25, 0.3) is 5.56 Å². The molecule has 0 amide bonds. The maximum Gasteiger partial charge on any atom is 0.416 e. The van der Waals surface area contributed by atoms with Crippen molar-refractivity contribution in [3.8, 4) is 5.75 Å². The summed E-state index contributed by atoms with van der Waals surface area (Å²) in [5.41, 5.74) is 0.0444. The minimum Gasteiger partial charge on any atom is -0.491 e. The molecule has 5 nitrogen and oxygen atoms in total. The number of rotatable bonds is 5. The van der Waals surface area contributed by atoms with Crippen LogP contribution in [0.2, 0.25) is 0 Å². The molecule has 1 unspecified atom stereocenters. The van der Waals surface area contributed by atoms with E-state index >= 15 is 0 Å². The Bertz CT molecular complexity index is 1090. The molecule has 0 radical (unpaired) electrons. The summed E-state index contributed by atoms with van der Waals surface area (Å²) in [4.78, 5) is 19.2. The van der Waals surface area contributed by atoms with Crippen LogP contribution < -0.4 is 10.3 Å². The zero-order chi connectivity index (χ0) is 20.6. The molecule has 1 atom stereocenters. The molecule has 0 saturated heterocycles. The van der Waals surface area contributed by atoms with Gasteiger partial charge in [0.1, 0.15) is 23.3 Å². The number of thiophene rings is 1. The Hall–Kier alpha value is -2.39. The first-order chi connectivity index (χ1) is 13.8. The van der Waals surface area contributed by atoms with Gasteiger partial charge in [-0.3, -0.25) is 9.36 Å². The lowest BCUT2D eigenvalue weighted by Crippen LogP contribution is -2.30. The molecule has 3 aromatic rings. The number of halogens is 3. The molecule has 1 aromatic carbocycles. The predicted molar refractivity (Wildman–Crippen MR) is 103 cm³/mol. The first-order valence-electron chi connectivity index (χ1n) is 9.31. The second-order valence-electron chi connectivity index (χ2n) is 7.08. The van der Waals surface area contributed by atoms with Crippen molar-refractivity contribution in [3.05, 3.63) is 57.0 Å². The summed E-state index contributed by atoms with van der Waals surface area (Å²) in [6.07, 6.45) is -0.163. The monoisotopic (exact) mass is 424 g/mol. The average molecular weight is 424 g/mol. The summed E-state index contributed by atoms with van der Waals surface area (Å²) in [6.45, 7) is -0.293. The number of aliphatic hydroxyl groups is 1. The van der Waals surface area contributed by atoms with E-state index in [1.165, 1.54) is 27.9 Å². The highest BCUT2D eigenvalue weighted by molar-refractivity contribution is 7.18. The molecule has 0 spiro atoms. The van der Waals surface area contributed by atoms with Crippen LogP contribution in [0.4, 0.5) is 13.2 Å². The van der Waals surface area contributed by atoms with E-state index in [0.29, 0.717) is 10.2 Å². The Kier molecular flexibility index (Phi) is 5.35. The van der Waals surface area contributed by atoms with Crippen LogP contribution in [-0.4, -0.2) is 27.4 Å². The second kappa shape index (κ2) is 7.79. The van der Waals surface area contributed by atoms with Crippen molar-refractivity contribution in [1.82, 2.24) is 9.55 Å². The zero-order valence-corrected chi connectivity index (χ0v) is 16.2. The number of hydrogen-bond acceptors (Lipinski definition) is 5. The quantitative estimate of drug-likeness (QED) is 0.677. The van der Waals surface area contributed by atoms with E-state index < -0.39 is 17.8 Å². The number of ether oxygens (including phenoxy) is 1. The van der Waals surface area contributed by atoms with Crippen molar-refractivity contribution in [3.63, 3.8) is 0 Å². The molecule has 0 aliphatic heterocycles. The third-order valence-electron chi connectivity index (χ3n) is 4.95. The minimum absolute atomic E-state index is 0.00621. The van der Waals surface area contributed by atoms with Gasteiger partial charge in [0.15, 0.2) is 0 Å². The summed E-state index contributed by atoms with van der Waals surface area (Å²) in [5.74, 6) is 0.00621. The number of fused-ring (bicyclic) bond motifs is 3. The first-order valence-corrected chi connectivity index (χ1v) is 10.1. The van der Waals surface area contributed by atoms with Crippen molar-refractivity contribution in [2.24, 2.45) is 0 Å². The Morgan fingerprint density at radius 1 is 1.28 bits per heavy atom. The van der Waals surface area contributed by atoms with Crippen molar-refractivity contribution >= 4 is 21.6 Å². The molecule has 29 heavy (non-hydrogen) atoms. The van der Waals surface area contributed by atoms with E-state index in [0.717, 1.165) is 43.4 Å². The van der Waals surface area contributed by atoms with Crippen LogP contribution in [0, 0.1) is 0 Å². The van der Waals surface area contributed by atoms with Gasteiger partial charge in [0.05, 0.1) is 23.8 Å². The number of aromatic nitrogens is 2. The summed E-state index contributed by atoms with van der Waals surface area (Å²) in [5, 5.41) is 10.9. The van der Waals surface area contributed by atoms with Gasteiger partial charge in [-0.1, -0.05) is 6.07 Å². The lowest BCUT2D eigenvalue weighted by molar-refractivity contribution is -0.137. The van der Waals surface area contributed by atoms with Crippen LogP contribution in [0.5, 0.6) is 5.75 Å². The molecule has 1 aliphatic carbocycles. The summed E-state index contributed by atoms with van der Waals surface area (Å²) < 4.78 is 44.9. The SMILES string of the molecule is O=c1c2c3c(sc2ncn1CC(O)COc1cccc(C(F)(F)F)c1)CCCC3. The van der Waals surface area contributed by atoms with Crippen molar-refractivity contribution in [2.45, 2.75) is 44.5 Å². The maximum absolute atomic E-state index is 12.9. The second-order valence-corrected chi connectivity index (χ2v) is 8.17. The number of nitrogens with zero attached hydrogens (tertiary/aromatic N) is 2. The molecular weight excluding hydrogens is 405 g/mol. The molecule has 1 aliphatic rings. The highest BCUT2D eigenvalue weighted by atomic mass is 32.1. The maximum atomic E-state index is 12.9. The van der Waals surface area contributed by atoms with Gasteiger partial charge in [-0.15, -0.1) is 11.3 Å². The molecule has 9 heteroatoms. The van der Waals surface area contributed by atoms with E-state index in [-0.39, 0.29) is 24.5 Å². The molecule has 0 fully saturated rings. The van der Waals surface area contributed by atoms with Gasteiger partial charge >= 0.3 is 6.18 Å². The van der Waals surface area contributed by atoms with Gasteiger partial charge in [-0.2, -0.15) is 13.2 Å². The normalized spacial score (nSPS) is 15.3. The topological polar surface area (TPSA) is 64.4 Å². The number of hydrogen-bond donors (Lipinski definition) is 1. The largest absolute Gasteiger partial charge is 0.491 e. The van der Waals surface area contributed by atoms with E-state index in [2.05, 4.69) is 4.98 Å². The Balaban J connectivity index is 1.47. The molecule has 2 aromatic heterocycles. The van der Waals surface area contributed by atoms with Gasteiger partial charge in [0, 0.05) is 4.88 Å². The third-order valence-corrected chi connectivity index (χ3v) is 6.15. The summed E-state index contributed by atoms with van der Waals surface area (Å²) >= 11 is 1.55. The number of benzene rings is 1. The molecule has 154 valence electrons. The van der Waals surface area contributed by atoms with Crippen molar-refractivity contribution in [1.29, 1.82) is 0 Å². The lowest BCUT2D eigenvalue weighted by Gasteiger charge is -2.15. The van der Waals surface area contributed by atoms with E-state index in [4.69, 9.17) is 4.74 Å². The van der Waals surface area contributed by atoms with Gasteiger partial charge in [0.2, 0.25) is 0 Å². The minimum atomic E-state index is -4.47. The summed E-state index contributed by atoms with van der Waals surface area (Å²) in [6, 6.07) is 4.46. The molecule has 4 rings (SSSR count). The van der Waals surface area contributed by atoms with Crippen LogP contribution in [0.1, 0.15) is 28.8 Å². The summed E-state index contributed by atoms with van der Waals surface area (Å²) in [7, 11) is 0. The van der Waals surface area contributed by atoms with E-state index in [1.54, 1.807) is 11.3 Å². The predicted octanol–water partition coefficient (Wildman–Crippen LogP) is 3.80. The fourth-order valence-electron chi connectivity index (χ4n) is 3.55. The van der Waals surface area contributed by atoms with Crippen LogP contribution in [-0.2, 0) is 25.6 Å². The van der Waals surface area contributed by atoms with E-state index in [1.807, 2.05) is 0 Å². The Morgan fingerprint density at radius 2 is 2.07 bits per heavy atom. The standard InChI is InChI=1S/C20H19F3N2O3S/c21-20(22,23)12-4-3-5-14(8-12)28-10-13(26)9-25-11-24-18-17(19(25)27)15-6-1-2-7-16(15)29-18/h3-5,8,11,13,26H,1-2,6-7,9-10H2.